The molecular weight excluding hydrogens is 180 g/mol. The van der Waals surface area contributed by atoms with Crippen molar-refractivity contribution in [3.63, 3.8) is 0 Å². The van der Waals surface area contributed by atoms with Crippen molar-refractivity contribution < 1.29 is 9.53 Å². The third-order valence-electron chi connectivity index (χ3n) is 3.51. The van der Waals surface area contributed by atoms with Crippen molar-refractivity contribution in [3.8, 4) is 0 Å². The Labute approximate surface area is 84.4 Å². The fraction of sp³-hybridized carbons (Fsp3) is 0.900. The van der Waals surface area contributed by atoms with Crippen molar-refractivity contribution in [1.29, 1.82) is 0 Å². The summed E-state index contributed by atoms with van der Waals surface area (Å²) in [4.78, 5) is 10.9. The second-order valence-electron chi connectivity index (χ2n) is 4.40. The average Bonchev–Trinajstić information content (AvgIpc) is 2.84. The van der Waals surface area contributed by atoms with Gasteiger partial charge in [0.25, 0.3) is 0 Å². The van der Waals surface area contributed by atoms with E-state index < -0.39 is 0 Å². The average molecular weight is 198 g/mol. The Kier molecular flexibility index (Phi) is 2.74. The van der Waals surface area contributed by atoms with Crippen molar-refractivity contribution >= 4 is 5.97 Å². The molecule has 2 aliphatic rings. The molecule has 2 fully saturated rings. The third kappa shape index (κ3) is 1.91. The lowest BCUT2D eigenvalue weighted by Crippen LogP contribution is -2.32. The number of rotatable bonds is 4. The largest absolute Gasteiger partial charge is 0.468 e. The van der Waals surface area contributed by atoms with Crippen LogP contribution in [0.15, 0.2) is 0 Å². The number of esters is 1. The first-order valence-corrected chi connectivity index (χ1v) is 5.25. The maximum Gasteiger partial charge on any atom is 0.319 e. The van der Waals surface area contributed by atoms with Crippen LogP contribution < -0.4 is 10.6 Å². The number of ether oxygens (including phenoxy) is 1. The molecule has 1 aliphatic carbocycles. The molecule has 1 atom stereocenters. The van der Waals surface area contributed by atoms with Crippen LogP contribution in [0.5, 0.6) is 0 Å². The summed E-state index contributed by atoms with van der Waals surface area (Å²) in [6.45, 7) is 3.52. The first-order chi connectivity index (χ1) is 6.77. The standard InChI is InChI=1S/C10H18N2O2/c1-14-9(13)6-11-4-8-5-12-7-10(8)2-3-10/h8,11-12H,2-7H2,1H3. The van der Waals surface area contributed by atoms with Gasteiger partial charge < -0.3 is 15.4 Å². The van der Waals surface area contributed by atoms with Crippen LogP contribution >= 0.6 is 0 Å². The molecule has 1 saturated heterocycles. The van der Waals surface area contributed by atoms with Crippen molar-refractivity contribution in [3.05, 3.63) is 0 Å². The molecule has 1 unspecified atom stereocenters. The van der Waals surface area contributed by atoms with Crippen LogP contribution in [-0.4, -0.2) is 39.3 Å². The molecule has 1 heterocycles. The van der Waals surface area contributed by atoms with Crippen molar-refractivity contribution in [1.82, 2.24) is 10.6 Å². The Hall–Kier alpha value is -0.610. The highest BCUT2D eigenvalue weighted by atomic mass is 16.5. The van der Waals surface area contributed by atoms with Crippen LogP contribution in [0.2, 0.25) is 0 Å². The van der Waals surface area contributed by atoms with E-state index in [1.807, 2.05) is 0 Å². The van der Waals surface area contributed by atoms with Gasteiger partial charge in [0.1, 0.15) is 0 Å². The summed E-state index contributed by atoms with van der Waals surface area (Å²) in [5.41, 5.74) is 0.573. The Balaban J connectivity index is 1.68. The summed E-state index contributed by atoms with van der Waals surface area (Å²) in [6.07, 6.45) is 2.70. The fourth-order valence-electron chi connectivity index (χ4n) is 2.31. The minimum absolute atomic E-state index is 0.180. The van der Waals surface area contributed by atoms with Gasteiger partial charge in [-0.15, -0.1) is 0 Å². The lowest BCUT2D eigenvalue weighted by atomic mass is 9.93. The molecule has 1 saturated carbocycles. The van der Waals surface area contributed by atoms with Crippen LogP contribution in [0, 0.1) is 11.3 Å². The molecule has 0 amide bonds. The molecule has 0 aromatic rings. The van der Waals surface area contributed by atoms with Gasteiger partial charge in [-0.2, -0.15) is 0 Å². The molecule has 14 heavy (non-hydrogen) atoms. The molecule has 2 rings (SSSR count). The van der Waals surface area contributed by atoms with Crippen LogP contribution in [0.25, 0.3) is 0 Å². The molecule has 0 aromatic heterocycles. The van der Waals surface area contributed by atoms with E-state index >= 15 is 0 Å². The monoisotopic (exact) mass is 198 g/mol. The second-order valence-corrected chi connectivity index (χ2v) is 4.40. The van der Waals surface area contributed by atoms with E-state index in [0.29, 0.717) is 17.9 Å². The topological polar surface area (TPSA) is 50.4 Å². The summed E-state index contributed by atoms with van der Waals surface area (Å²) < 4.78 is 4.57. The minimum Gasteiger partial charge on any atom is -0.468 e. The van der Waals surface area contributed by atoms with Gasteiger partial charge in [-0.25, -0.2) is 0 Å². The van der Waals surface area contributed by atoms with E-state index in [1.54, 1.807) is 0 Å². The van der Waals surface area contributed by atoms with E-state index in [2.05, 4.69) is 15.4 Å². The van der Waals surface area contributed by atoms with Gasteiger partial charge in [-0.1, -0.05) is 0 Å². The predicted molar refractivity (Wildman–Crippen MR) is 52.9 cm³/mol. The molecule has 1 aliphatic heterocycles. The van der Waals surface area contributed by atoms with Crippen molar-refractivity contribution in [2.45, 2.75) is 12.8 Å². The highest BCUT2D eigenvalue weighted by molar-refractivity contribution is 5.71. The molecule has 0 aromatic carbocycles. The van der Waals surface area contributed by atoms with E-state index in [0.717, 1.165) is 19.6 Å². The maximum atomic E-state index is 10.9. The van der Waals surface area contributed by atoms with E-state index in [9.17, 15) is 4.79 Å². The number of hydrogen-bond acceptors (Lipinski definition) is 4. The Bertz CT molecular complexity index is 226. The third-order valence-corrected chi connectivity index (χ3v) is 3.51. The van der Waals surface area contributed by atoms with E-state index in [1.165, 1.54) is 20.0 Å². The molecule has 0 bridgehead atoms. The zero-order valence-corrected chi connectivity index (χ0v) is 8.64. The van der Waals surface area contributed by atoms with Gasteiger partial charge in [-0.05, 0) is 30.7 Å². The highest BCUT2D eigenvalue weighted by Crippen LogP contribution is 2.53. The summed E-state index contributed by atoms with van der Waals surface area (Å²) >= 11 is 0. The number of methoxy groups -OCH3 is 1. The lowest BCUT2D eigenvalue weighted by Gasteiger charge is -2.16. The summed E-state index contributed by atoms with van der Waals surface area (Å²) in [5, 5.41) is 6.58. The lowest BCUT2D eigenvalue weighted by molar-refractivity contribution is -0.139. The maximum absolute atomic E-state index is 10.9. The smallest absolute Gasteiger partial charge is 0.319 e. The van der Waals surface area contributed by atoms with Gasteiger partial charge in [0.15, 0.2) is 0 Å². The minimum atomic E-state index is -0.180. The summed E-state index contributed by atoms with van der Waals surface area (Å²) in [5.74, 6) is 0.521. The van der Waals surface area contributed by atoms with Crippen LogP contribution in [0.4, 0.5) is 0 Å². The number of carbonyl (C=O) groups excluding carboxylic acids is 1. The van der Waals surface area contributed by atoms with Gasteiger partial charge >= 0.3 is 5.97 Å². The number of hydrogen-bond donors (Lipinski definition) is 2. The van der Waals surface area contributed by atoms with Gasteiger partial charge in [0, 0.05) is 13.1 Å². The Morgan fingerprint density at radius 1 is 1.64 bits per heavy atom. The molecule has 4 nitrogen and oxygen atoms in total. The molecular formula is C10H18N2O2. The highest BCUT2D eigenvalue weighted by Gasteiger charge is 2.51. The second kappa shape index (κ2) is 3.87. The quantitative estimate of drug-likeness (QED) is 0.612. The van der Waals surface area contributed by atoms with Crippen molar-refractivity contribution in [2.75, 3.05) is 33.3 Å². The SMILES string of the molecule is COC(=O)CNCC1CNCC12CC2. The van der Waals surface area contributed by atoms with E-state index in [4.69, 9.17) is 0 Å². The molecule has 80 valence electrons. The zero-order valence-electron chi connectivity index (χ0n) is 8.64. The van der Waals surface area contributed by atoms with Crippen LogP contribution in [0.1, 0.15) is 12.8 Å². The first kappa shape index (κ1) is 9.93. The summed E-state index contributed by atoms with van der Waals surface area (Å²) in [7, 11) is 1.42. The Morgan fingerprint density at radius 2 is 2.43 bits per heavy atom. The first-order valence-electron chi connectivity index (χ1n) is 5.25. The van der Waals surface area contributed by atoms with Crippen LogP contribution in [0.3, 0.4) is 0 Å². The molecule has 0 radical (unpaired) electrons. The molecule has 1 spiro atoms. The van der Waals surface area contributed by atoms with E-state index in [-0.39, 0.29) is 5.97 Å². The summed E-state index contributed by atoms with van der Waals surface area (Å²) in [6, 6.07) is 0. The molecule has 4 heteroatoms. The van der Waals surface area contributed by atoms with Crippen LogP contribution in [-0.2, 0) is 9.53 Å². The van der Waals surface area contributed by atoms with Crippen molar-refractivity contribution in [2.24, 2.45) is 11.3 Å². The number of nitrogens with one attached hydrogen (secondary N) is 2. The van der Waals surface area contributed by atoms with Gasteiger partial charge in [0.05, 0.1) is 13.7 Å². The van der Waals surface area contributed by atoms with Gasteiger partial charge in [-0.3, -0.25) is 4.79 Å². The van der Waals surface area contributed by atoms with Gasteiger partial charge in [0.2, 0.25) is 0 Å². The predicted octanol–water partition coefficient (Wildman–Crippen LogP) is -0.251. The number of carbonyl (C=O) groups is 1. The Morgan fingerprint density at radius 3 is 3.07 bits per heavy atom. The fourth-order valence-corrected chi connectivity index (χ4v) is 2.31. The zero-order chi connectivity index (χ0) is 10.0. The normalized spacial score (nSPS) is 27.9. The molecule has 2 N–H and O–H groups in total.